The summed E-state index contributed by atoms with van der Waals surface area (Å²) in [5.41, 5.74) is -0.108. The first-order valence-corrected chi connectivity index (χ1v) is 10.3. The quantitative estimate of drug-likeness (QED) is 0.755. The summed E-state index contributed by atoms with van der Waals surface area (Å²) in [6.45, 7) is 5.45. The van der Waals surface area contributed by atoms with Crippen molar-refractivity contribution >= 4 is 21.9 Å². The maximum Gasteiger partial charge on any atom is 0.342 e. The number of hydrogen-bond donors (Lipinski definition) is 1. The van der Waals surface area contributed by atoms with Gasteiger partial charge < -0.3 is 14.4 Å². The molecule has 27 heavy (non-hydrogen) atoms. The molecule has 2 rings (SSSR count). The highest BCUT2D eigenvalue weighted by Gasteiger charge is 2.33. The van der Waals surface area contributed by atoms with Crippen LogP contribution in [0.15, 0.2) is 23.1 Å². The Kier molecular flexibility index (Phi) is 6.48. The summed E-state index contributed by atoms with van der Waals surface area (Å²) < 4.78 is 33.5. The summed E-state index contributed by atoms with van der Waals surface area (Å²) in [5.74, 6) is -0.994. The predicted octanol–water partition coefficient (Wildman–Crippen LogP) is 1.68. The molecule has 0 spiro atoms. The SMILES string of the molecule is COc1ccc(S(N)(=O)=O)cc1C(=O)O[C@H](C)C(=O)N1[C@@H](C)CCC[C@@H]1C. The summed E-state index contributed by atoms with van der Waals surface area (Å²) in [6, 6.07) is 3.78. The Morgan fingerprint density at radius 1 is 1.22 bits per heavy atom. The smallest absolute Gasteiger partial charge is 0.342 e. The molecule has 150 valence electrons. The molecular weight excluding hydrogens is 372 g/mol. The van der Waals surface area contributed by atoms with Crippen molar-refractivity contribution in [3.63, 3.8) is 0 Å². The van der Waals surface area contributed by atoms with Gasteiger partial charge in [0.2, 0.25) is 10.0 Å². The highest BCUT2D eigenvalue weighted by atomic mass is 32.2. The van der Waals surface area contributed by atoms with Gasteiger partial charge in [-0.2, -0.15) is 0 Å². The van der Waals surface area contributed by atoms with E-state index in [-0.39, 0.29) is 34.2 Å². The Labute approximate surface area is 159 Å². The molecule has 9 heteroatoms. The van der Waals surface area contributed by atoms with E-state index in [1.807, 2.05) is 13.8 Å². The minimum Gasteiger partial charge on any atom is -0.496 e. The molecule has 1 heterocycles. The number of primary sulfonamides is 1. The average molecular weight is 398 g/mol. The molecule has 3 atom stereocenters. The number of carbonyl (C=O) groups is 2. The van der Waals surface area contributed by atoms with Crippen molar-refractivity contribution in [2.45, 2.75) is 63.1 Å². The summed E-state index contributed by atoms with van der Waals surface area (Å²) >= 11 is 0. The zero-order valence-corrected chi connectivity index (χ0v) is 16.8. The van der Waals surface area contributed by atoms with Gasteiger partial charge in [-0.25, -0.2) is 18.4 Å². The van der Waals surface area contributed by atoms with Crippen molar-refractivity contribution in [3.8, 4) is 5.75 Å². The summed E-state index contributed by atoms with van der Waals surface area (Å²) in [6.07, 6.45) is 1.85. The molecule has 1 fully saturated rings. The van der Waals surface area contributed by atoms with Crippen LogP contribution in [0.3, 0.4) is 0 Å². The molecule has 1 aromatic carbocycles. The zero-order valence-electron chi connectivity index (χ0n) is 16.0. The molecule has 1 aliphatic rings. The number of rotatable bonds is 5. The number of amides is 1. The van der Waals surface area contributed by atoms with Crippen LogP contribution in [0.25, 0.3) is 0 Å². The fraction of sp³-hybridized carbons (Fsp3) is 0.556. The van der Waals surface area contributed by atoms with Gasteiger partial charge in [-0.1, -0.05) is 0 Å². The van der Waals surface area contributed by atoms with Crippen molar-refractivity contribution in [1.82, 2.24) is 4.90 Å². The van der Waals surface area contributed by atoms with E-state index in [2.05, 4.69) is 0 Å². The first kappa shape index (κ1) is 21.2. The van der Waals surface area contributed by atoms with Crippen LogP contribution in [0.4, 0.5) is 0 Å². The van der Waals surface area contributed by atoms with Gasteiger partial charge in [-0.05, 0) is 58.2 Å². The van der Waals surface area contributed by atoms with E-state index in [9.17, 15) is 18.0 Å². The number of sulfonamides is 1. The monoisotopic (exact) mass is 398 g/mol. The molecule has 2 N–H and O–H groups in total. The maximum absolute atomic E-state index is 12.8. The molecule has 1 amide bonds. The standard InChI is InChI=1S/C18H26N2O6S/c1-11-6-5-7-12(2)20(11)17(21)13(3)26-18(22)15-10-14(27(19,23)24)8-9-16(15)25-4/h8-13H,5-7H2,1-4H3,(H2,19,23,24)/t11-,12-,13+/m0/s1. The fourth-order valence-electron chi connectivity index (χ4n) is 3.36. The lowest BCUT2D eigenvalue weighted by atomic mass is 9.97. The second kappa shape index (κ2) is 8.26. The second-order valence-electron chi connectivity index (χ2n) is 6.83. The van der Waals surface area contributed by atoms with Crippen LogP contribution in [0.5, 0.6) is 5.75 Å². The van der Waals surface area contributed by atoms with Gasteiger partial charge in [0.15, 0.2) is 6.10 Å². The van der Waals surface area contributed by atoms with Gasteiger partial charge in [0.25, 0.3) is 5.91 Å². The average Bonchev–Trinajstić information content (AvgIpc) is 2.59. The van der Waals surface area contributed by atoms with E-state index in [4.69, 9.17) is 14.6 Å². The van der Waals surface area contributed by atoms with E-state index < -0.39 is 22.1 Å². The number of ether oxygens (including phenoxy) is 2. The molecule has 8 nitrogen and oxygen atoms in total. The highest BCUT2D eigenvalue weighted by molar-refractivity contribution is 7.89. The van der Waals surface area contributed by atoms with E-state index in [1.165, 1.54) is 26.2 Å². The lowest BCUT2D eigenvalue weighted by Crippen LogP contribution is -2.51. The Bertz CT molecular complexity index is 813. The third-order valence-corrected chi connectivity index (χ3v) is 5.71. The third-order valence-electron chi connectivity index (χ3n) is 4.80. The van der Waals surface area contributed by atoms with Crippen molar-refractivity contribution in [2.75, 3.05) is 7.11 Å². The minimum absolute atomic E-state index is 0.0719. The largest absolute Gasteiger partial charge is 0.496 e. The van der Waals surface area contributed by atoms with Crippen LogP contribution in [-0.4, -0.2) is 50.5 Å². The van der Waals surface area contributed by atoms with Crippen molar-refractivity contribution in [1.29, 1.82) is 0 Å². The predicted molar refractivity (Wildman–Crippen MR) is 98.9 cm³/mol. The lowest BCUT2D eigenvalue weighted by molar-refractivity contribution is -0.146. The molecule has 0 saturated carbocycles. The van der Waals surface area contributed by atoms with Gasteiger partial charge in [0, 0.05) is 12.1 Å². The third kappa shape index (κ3) is 4.78. The molecular formula is C18H26N2O6S. The molecule has 1 saturated heterocycles. The number of carbonyl (C=O) groups excluding carboxylic acids is 2. The number of hydrogen-bond acceptors (Lipinski definition) is 6. The number of likely N-dealkylation sites (tertiary alicyclic amines) is 1. The molecule has 1 aliphatic heterocycles. The van der Waals surface area contributed by atoms with Gasteiger partial charge in [-0.3, -0.25) is 4.79 Å². The zero-order chi connectivity index (χ0) is 20.4. The maximum atomic E-state index is 12.8. The summed E-state index contributed by atoms with van der Waals surface area (Å²) in [7, 11) is -2.66. The molecule has 0 radical (unpaired) electrons. The number of esters is 1. The van der Waals surface area contributed by atoms with E-state index in [1.54, 1.807) is 4.90 Å². The van der Waals surface area contributed by atoms with Crippen LogP contribution in [0.1, 0.15) is 50.4 Å². The van der Waals surface area contributed by atoms with Crippen molar-refractivity contribution in [2.24, 2.45) is 5.14 Å². The number of nitrogens with zero attached hydrogens (tertiary/aromatic N) is 1. The minimum atomic E-state index is -4.00. The van der Waals surface area contributed by atoms with Crippen LogP contribution in [0, 0.1) is 0 Å². The Morgan fingerprint density at radius 2 is 1.81 bits per heavy atom. The van der Waals surface area contributed by atoms with E-state index in [0.29, 0.717) is 0 Å². The molecule has 0 aromatic heterocycles. The van der Waals surface area contributed by atoms with Crippen LogP contribution in [0.2, 0.25) is 0 Å². The van der Waals surface area contributed by atoms with E-state index >= 15 is 0 Å². The first-order valence-electron chi connectivity index (χ1n) is 8.80. The molecule has 1 aromatic rings. The number of piperidine rings is 1. The lowest BCUT2D eigenvalue weighted by Gasteiger charge is -2.40. The van der Waals surface area contributed by atoms with Gasteiger partial charge in [-0.15, -0.1) is 0 Å². The number of nitrogens with two attached hydrogens (primary N) is 1. The molecule has 0 bridgehead atoms. The normalized spacial score (nSPS) is 21.4. The summed E-state index contributed by atoms with van der Waals surface area (Å²) in [5, 5.41) is 5.11. The number of benzene rings is 1. The Balaban J connectivity index is 2.22. The molecule has 0 unspecified atom stereocenters. The van der Waals surface area contributed by atoms with E-state index in [0.717, 1.165) is 25.3 Å². The summed E-state index contributed by atoms with van der Waals surface area (Å²) in [4.78, 5) is 26.8. The Hall–Kier alpha value is -2.13. The molecule has 0 aliphatic carbocycles. The Morgan fingerprint density at radius 3 is 2.33 bits per heavy atom. The van der Waals surface area contributed by atoms with Crippen LogP contribution in [-0.2, 0) is 19.6 Å². The van der Waals surface area contributed by atoms with Crippen molar-refractivity contribution < 1.29 is 27.5 Å². The highest BCUT2D eigenvalue weighted by Crippen LogP contribution is 2.26. The van der Waals surface area contributed by atoms with Crippen LogP contribution < -0.4 is 9.88 Å². The van der Waals surface area contributed by atoms with Crippen molar-refractivity contribution in [3.05, 3.63) is 23.8 Å². The van der Waals surface area contributed by atoms with Crippen LogP contribution >= 0.6 is 0 Å². The topological polar surface area (TPSA) is 116 Å². The van der Waals surface area contributed by atoms with Gasteiger partial charge in [0.05, 0.1) is 12.0 Å². The van der Waals surface area contributed by atoms with Gasteiger partial charge >= 0.3 is 5.97 Å². The first-order chi connectivity index (χ1) is 12.6. The second-order valence-corrected chi connectivity index (χ2v) is 8.39. The van der Waals surface area contributed by atoms with Gasteiger partial charge in [0.1, 0.15) is 11.3 Å². The fourth-order valence-corrected chi connectivity index (χ4v) is 3.90. The number of methoxy groups -OCH3 is 1.